The number of hydrogen-bond donors (Lipinski definition) is 3. The van der Waals surface area contributed by atoms with Gasteiger partial charge in [0.1, 0.15) is 0 Å². The molecule has 0 spiro atoms. The minimum Gasteiger partial charge on any atom is -0.330 e. The molecule has 0 heterocycles. The van der Waals surface area contributed by atoms with E-state index < -0.39 is 0 Å². The second-order valence-corrected chi connectivity index (χ2v) is 5.46. The monoisotopic (exact) mass is 289 g/mol. The first-order chi connectivity index (χ1) is 10.2. The molecule has 1 aliphatic carbocycles. The van der Waals surface area contributed by atoms with E-state index in [0.29, 0.717) is 17.9 Å². The van der Waals surface area contributed by atoms with E-state index in [9.17, 15) is 9.59 Å². The molecule has 0 saturated heterocycles. The van der Waals surface area contributed by atoms with Crippen molar-refractivity contribution in [2.75, 3.05) is 17.2 Å². The largest absolute Gasteiger partial charge is 0.330 e. The fraction of sp³-hybridized carbons (Fsp3) is 0.500. The molecule has 21 heavy (non-hydrogen) atoms. The predicted octanol–water partition coefficient (Wildman–Crippen LogP) is 2.49. The Hall–Kier alpha value is -1.88. The van der Waals surface area contributed by atoms with Gasteiger partial charge >= 0.3 is 0 Å². The molecule has 1 aliphatic rings. The van der Waals surface area contributed by atoms with Gasteiger partial charge in [-0.05, 0) is 25.0 Å². The summed E-state index contributed by atoms with van der Waals surface area (Å²) >= 11 is 0. The van der Waals surface area contributed by atoms with Crippen LogP contribution in [0.5, 0.6) is 0 Å². The molecule has 4 N–H and O–H groups in total. The maximum absolute atomic E-state index is 12.3. The van der Waals surface area contributed by atoms with Gasteiger partial charge in [-0.15, -0.1) is 0 Å². The highest BCUT2D eigenvalue weighted by molar-refractivity contribution is 6.00. The second-order valence-electron chi connectivity index (χ2n) is 5.46. The van der Waals surface area contributed by atoms with E-state index >= 15 is 0 Å². The van der Waals surface area contributed by atoms with Gasteiger partial charge in [-0.1, -0.05) is 31.4 Å². The van der Waals surface area contributed by atoms with Gasteiger partial charge in [0.25, 0.3) is 0 Å². The van der Waals surface area contributed by atoms with Gasteiger partial charge in [-0.3, -0.25) is 9.59 Å². The van der Waals surface area contributed by atoms with Crippen molar-refractivity contribution < 1.29 is 9.59 Å². The van der Waals surface area contributed by atoms with Crippen LogP contribution in [0.25, 0.3) is 0 Å². The van der Waals surface area contributed by atoms with Crippen LogP contribution >= 0.6 is 0 Å². The van der Waals surface area contributed by atoms with Crippen molar-refractivity contribution >= 4 is 23.2 Å². The van der Waals surface area contributed by atoms with Crippen LogP contribution in [0, 0.1) is 5.92 Å². The van der Waals surface area contributed by atoms with E-state index in [2.05, 4.69) is 10.6 Å². The highest BCUT2D eigenvalue weighted by atomic mass is 16.2. The zero-order chi connectivity index (χ0) is 15.1. The van der Waals surface area contributed by atoms with Gasteiger partial charge in [0.2, 0.25) is 11.8 Å². The van der Waals surface area contributed by atoms with Crippen molar-refractivity contribution in [1.82, 2.24) is 0 Å². The lowest BCUT2D eigenvalue weighted by molar-refractivity contribution is -0.120. The highest BCUT2D eigenvalue weighted by Gasteiger charge is 2.21. The second kappa shape index (κ2) is 7.78. The average Bonchev–Trinajstić information content (AvgIpc) is 2.50. The summed E-state index contributed by atoms with van der Waals surface area (Å²) in [5.41, 5.74) is 6.65. The van der Waals surface area contributed by atoms with Crippen LogP contribution in [0.4, 0.5) is 11.4 Å². The van der Waals surface area contributed by atoms with E-state index in [1.165, 1.54) is 6.42 Å². The number of benzene rings is 1. The van der Waals surface area contributed by atoms with Gasteiger partial charge in [0.15, 0.2) is 0 Å². The van der Waals surface area contributed by atoms with Crippen LogP contribution < -0.4 is 16.4 Å². The minimum absolute atomic E-state index is 0.0511. The number of carbonyl (C=O) groups is 2. The van der Waals surface area contributed by atoms with Crippen molar-refractivity contribution in [2.45, 2.75) is 38.5 Å². The molecule has 1 aromatic rings. The number of para-hydroxylation sites is 2. The van der Waals surface area contributed by atoms with E-state index in [1.807, 2.05) is 12.1 Å². The van der Waals surface area contributed by atoms with E-state index in [-0.39, 0.29) is 24.2 Å². The third kappa shape index (κ3) is 4.56. The molecule has 1 fully saturated rings. The molecule has 1 aromatic carbocycles. The number of anilines is 2. The normalized spacial score (nSPS) is 15.5. The Morgan fingerprint density at radius 2 is 1.67 bits per heavy atom. The summed E-state index contributed by atoms with van der Waals surface area (Å²) in [6.07, 6.45) is 5.63. The minimum atomic E-state index is -0.142. The van der Waals surface area contributed by atoms with Gasteiger partial charge in [-0.25, -0.2) is 0 Å². The maximum atomic E-state index is 12.3. The van der Waals surface area contributed by atoms with Crippen LogP contribution in [0.3, 0.4) is 0 Å². The molecule has 5 heteroatoms. The molecule has 0 bridgehead atoms. The summed E-state index contributed by atoms with van der Waals surface area (Å²) in [4.78, 5) is 23.9. The topological polar surface area (TPSA) is 84.2 Å². The lowest BCUT2D eigenvalue weighted by atomic mass is 9.88. The summed E-state index contributed by atoms with van der Waals surface area (Å²) in [5.74, 6) is -0.00126. The van der Waals surface area contributed by atoms with Gasteiger partial charge in [0, 0.05) is 18.9 Å². The summed E-state index contributed by atoms with van der Waals surface area (Å²) in [7, 11) is 0. The predicted molar refractivity (Wildman–Crippen MR) is 83.9 cm³/mol. The lowest BCUT2D eigenvalue weighted by Crippen LogP contribution is -2.25. The number of amides is 2. The summed E-state index contributed by atoms with van der Waals surface area (Å²) in [5, 5.41) is 5.73. The van der Waals surface area contributed by atoms with E-state index in [1.54, 1.807) is 12.1 Å². The van der Waals surface area contributed by atoms with Crippen LogP contribution in [-0.2, 0) is 9.59 Å². The molecule has 0 aliphatic heterocycles. The Morgan fingerprint density at radius 3 is 2.29 bits per heavy atom. The zero-order valence-electron chi connectivity index (χ0n) is 12.2. The Balaban J connectivity index is 2.01. The third-order valence-electron chi connectivity index (χ3n) is 3.81. The molecule has 5 nitrogen and oxygen atoms in total. The molecule has 2 amide bonds. The van der Waals surface area contributed by atoms with Gasteiger partial charge in [0.05, 0.1) is 11.4 Å². The van der Waals surface area contributed by atoms with Crippen molar-refractivity contribution in [3.05, 3.63) is 24.3 Å². The standard InChI is InChI=1S/C16H23N3O2/c17-11-10-15(20)18-13-8-4-5-9-14(13)19-16(21)12-6-2-1-3-7-12/h4-5,8-9,12H,1-3,6-7,10-11,17H2,(H,18,20)(H,19,21). The third-order valence-corrected chi connectivity index (χ3v) is 3.81. The molecular formula is C16H23N3O2. The first-order valence-electron chi connectivity index (χ1n) is 7.60. The SMILES string of the molecule is NCCC(=O)Nc1ccccc1NC(=O)C1CCCCC1. The number of nitrogens with two attached hydrogens (primary N) is 1. The number of nitrogens with one attached hydrogen (secondary N) is 2. The fourth-order valence-electron chi connectivity index (χ4n) is 2.64. The molecule has 0 atom stereocenters. The number of hydrogen-bond acceptors (Lipinski definition) is 3. The van der Waals surface area contributed by atoms with Crippen LogP contribution in [0.2, 0.25) is 0 Å². The number of carbonyl (C=O) groups excluding carboxylic acids is 2. The number of rotatable bonds is 5. The fourth-order valence-corrected chi connectivity index (χ4v) is 2.64. The lowest BCUT2D eigenvalue weighted by Gasteiger charge is -2.21. The molecule has 2 rings (SSSR count). The first kappa shape index (κ1) is 15.5. The first-order valence-corrected chi connectivity index (χ1v) is 7.60. The zero-order valence-corrected chi connectivity index (χ0v) is 12.2. The molecule has 1 saturated carbocycles. The molecule has 0 radical (unpaired) electrons. The van der Waals surface area contributed by atoms with Crippen LogP contribution in [0.1, 0.15) is 38.5 Å². The van der Waals surface area contributed by atoms with Crippen molar-refractivity contribution in [2.24, 2.45) is 11.7 Å². The van der Waals surface area contributed by atoms with Crippen molar-refractivity contribution in [3.8, 4) is 0 Å². The maximum Gasteiger partial charge on any atom is 0.227 e. The van der Waals surface area contributed by atoms with E-state index in [0.717, 1.165) is 25.7 Å². The summed E-state index contributed by atoms with van der Waals surface area (Å²) < 4.78 is 0. The smallest absolute Gasteiger partial charge is 0.227 e. The van der Waals surface area contributed by atoms with Crippen LogP contribution in [0.15, 0.2) is 24.3 Å². The summed E-state index contributed by atoms with van der Waals surface area (Å²) in [6.45, 7) is 0.308. The Morgan fingerprint density at radius 1 is 1.05 bits per heavy atom. The average molecular weight is 289 g/mol. The van der Waals surface area contributed by atoms with Crippen molar-refractivity contribution in [3.63, 3.8) is 0 Å². The molecule has 114 valence electrons. The summed E-state index contributed by atoms with van der Waals surface area (Å²) in [6, 6.07) is 7.26. The Bertz CT molecular complexity index is 496. The van der Waals surface area contributed by atoms with E-state index in [4.69, 9.17) is 5.73 Å². The van der Waals surface area contributed by atoms with Crippen molar-refractivity contribution in [1.29, 1.82) is 0 Å². The highest BCUT2D eigenvalue weighted by Crippen LogP contribution is 2.27. The van der Waals surface area contributed by atoms with Gasteiger partial charge in [-0.2, -0.15) is 0 Å². The Labute approximate surface area is 125 Å². The van der Waals surface area contributed by atoms with Gasteiger partial charge < -0.3 is 16.4 Å². The molecular weight excluding hydrogens is 266 g/mol. The quantitative estimate of drug-likeness (QED) is 0.778. The Kier molecular flexibility index (Phi) is 5.75. The molecule has 0 unspecified atom stereocenters. The molecule has 0 aromatic heterocycles. The van der Waals surface area contributed by atoms with Crippen LogP contribution in [-0.4, -0.2) is 18.4 Å².